The van der Waals surface area contributed by atoms with Crippen LogP contribution in [0.3, 0.4) is 0 Å². The Morgan fingerprint density at radius 3 is 2.56 bits per heavy atom. The maximum atomic E-state index is 13.6. The molecule has 0 aliphatic carbocycles. The molecule has 1 aromatic heterocycles. The van der Waals surface area contributed by atoms with Gasteiger partial charge < -0.3 is 15.1 Å². The summed E-state index contributed by atoms with van der Waals surface area (Å²) in [7, 11) is 5.72. The highest BCUT2D eigenvalue weighted by Crippen LogP contribution is 2.17. The summed E-state index contributed by atoms with van der Waals surface area (Å²) in [6.07, 6.45) is 2.27. The lowest BCUT2D eigenvalue weighted by molar-refractivity contribution is 0.258. The molecule has 0 saturated carbocycles. The molecule has 138 valence electrons. The van der Waals surface area contributed by atoms with Gasteiger partial charge in [0.05, 0.1) is 12.3 Å². The van der Waals surface area contributed by atoms with E-state index in [9.17, 15) is 4.39 Å². The van der Waals surface area contributed by atoms with Crippen LogP contribution in [0.25, 0.3) is 0 Å². The van der Waals surface area contributed by atoms with E-state index in [4.69, 9.17) is 4.42 Å². The molecule has 5 nitrogen and oxygen atoms in total. The molecule has 0 aliphatic heterocycles. The minimum Gasteiger partial charge on any atom is -0.468 e. The lowest BCUT2D eigenvalue weighted by Crippen LogP contribution is -2.42. The zero-order valence-corrected chi connectivity index (χ0v) is 17.2. The molecule has 25 heavy (non-hydrogen) atoms. The van der Waals surface area contributed by atoms with Crippen molar-refractivity contribution < 1.29 is 8.81 Å². The molecule has 0 radical (unpaired) electrons. The Morgan fingerprint density at radius 1 is 1.20 bits per heavy atom. The zero-order valence-electron chi connectivity index (χ0n) is 14.8. The average Bonchev–Trinajstić information content (AvgIpc) is 3.09. The molecule has 1 aromatic carbocycles. The average molecular weight is 460 g/mol. The number of hydrogen-bond acceptors (Lipinski definition) is 3. The third-order valence-electron chi connectivity index (χ3n) is 3.83. The molecule has 1 atom stereocenters. The number of aliphatic imine (C=N–C) groups is 1. The van der Waals surface area contributed by atoms with Gasteiger partial charge in [-0.05, 0) is 44.3 Å². The van der Waals surface area contributed by atoms with Gasteiger partial charge in [0.2, 0.25) is 0 Å². The summed E-state index contributed by atoms with van der Waals surface area (Å²) >= 11 is 0. The van der Waals surface area contributed by atoms with Crippen LogP contribution < -0.4 is 10.6 Å². The van der Waals surface area contributed by atoms with E-state index in [-0.39, 0.29) is 35.8 Å². The molecule has 2 rings (SSSR count). The van der Waals surface area contributed by atoms with Crippen molar-refractivity contribution in [1.29, 1.82) is 0 Å². The quantitative estimate of drug-likeness (QED) is 0.379. The van der Waals surface area contributed by atoms with E-state index in [2.05, 4.69) is 20.5 Å². The van der Waals surface area contributed by atoms with Crippen LogP contribution in [0.4, 0.5) is 4.39 Å². The van der Waals surface area contributed by atoms with E-state index < -0.39 is 0 Å². The Morgan fingerprint density at radius 2 is 1.96 bits per heavy atom. The van der Waals surface area contributed by atoms with Gasteiger partial charge in [0.1, 0.15) is 11.6 Å². The molecule has 0 aliphatic rings. The molecule has 0 spiro atoms. The Kier molecular flexibility index (Phi) is 9.51. The summed E-state index contributed by atoms with van der Waals surface area (Å²) < 4.78 is 19.1. The van der Waals surface area contributed by atoms with Crippen LogP contribution in [0.5, 0.6) is 0 Å². The highest BCUT2D eigenvalue weighted by atomic mass is 127. The van der Waals surface area contributed by atoms with Crippen molar-refractivity contribution in [2.75, 3.05) is 34.2 Å². The Balaban J connectivity index is 0.00000312. The third-order valence-corrected chi connectivity index (χ3v) is 3.83. The van der Waals surface area contributed by atoms with Crippen LogP contribution in [0.2, 0.25) is 0 Å². The summed E-state index contributed by atoms with van der Waals surface area (Å²) in [6, 6.07) is 10.8. The molecule has 0 bridgehead atoms. The van der Waals surface area contributed by atoms with Gasteiger partial charge in [-0.2, -0.15) is 0 Å². The highest BCUT2D eigenvalue weighted by Gasteiger charge is 2.17. The molecular formula is C18H26FIN4O. The summed E-state index contributed by atoms with van der Waals surface area (Å²) in [5.41, 5.74) is 0.696. The van der Waals surface area contributed by atoms with E-state index >= 15 is 0 Å². The van der Waals surface area contributed by atoms with Gasteiger partial charge in [-0.3, -0.25) is 9.89 Å². The summed E-state index contributed by atoms with van der Waals surface area (Å²) in [6.45, 7) is 1.26. The lowest BCUT2D eigenvalue weighted by Gasteiger charge is -2.23. The van der Waals surface area contributed by atoms with E-state index in [0.717, 1.165) is 5.76 Å². The third kappa shape index (κ3) is 6.66. The molecule has 1 unspecified atom stereocenters. The summed E-state index contributed by atoms with van der Waals surface area (Å²) in [5, 5.41) is 6.49. The van der Waals surface area contributed by atoms with Crippen LogP contribution in [-0.4, -0.2) is 45.1 Å². The van der Waals surface area contributed by atoms with Crippen molar-refractivity contribution in [1.82, 2.24) is 15.5 Å². The molecule has 1 heterocycles. The Bertz CT molecular complexity index is 646. The van der Waals surface area contributed by atoms with Crippen LogP contribution in [-0.2, 0) is 6.42 Å². The fourth-order valence-electron chi connectivity index (χ4n) is 2.45. The first-order valence-electron chi connectivity index (χ1n) is 7.99. The number of halogens is 2. The maximum absolute atomic E-state index is 13.6. The SMILES string of the molecule is CN=C(NCCc1ccccc1F)NCC(c1ccco1)N(C)C.I. The van der Waals surface area contributed by atoms with Gasteiger partial charge in [0.15, 0.2) is 5.96 Å². The standard InChI is InChI=1S/C18H25FN4O.HI/c1-20-18(21-11-10-14-7-4-5-8-15(14)19)22-13-16(23(2)3)17-9-6-12-24-17;/h4-9,12,16H,10-11,13H2,1-3H3,(H2,20,21,22);1H. The highest BCUT2D eigenvalue weighted by molar-refractivity contribution is 14.0. The number of nitrogens with zero attached hydrogens (tertiary/aromatic N) is 2. The fourth-order valence-corrected chi connectivity index (χ4v) is 2.45. The van der Waals surface area contributed by atoms with Crippen LogP contribution in [0.1, 0.15) is 17.4 Å². The Hall–Kier alpha value is -1.61. The van der Waals surface area contributed by atoms with E-state index in [1.54, 1.807) is 25.4 Å². The molecule has 2 aromatic rings. The number of hydrogen-bond donors (Lipinski definition) is 2. The number of benzene rings is 1. The normalized spacial score (nSPS) is 12.6. The second kappa shape index (κ2) is 11.1. The van der Waals surface area contributed by atoms with Gasteiger partial charge in [-0.1, -0.05) is 18.2 Å². The van der Waals surface area contributed by atoms with Crippen molar-refractivity contribution in [3.8, 4) is 0 Å². The Labute approximate surface area is 165 Å². The lowest BCUT2D eigenvalue weighted by atomic mass is 10.1. The first kappa shape index (κ1) is 21.4. The predicted molar refractivity (Wildman–Crippen MR) is 110 cm³/mol. The van der Waals surface area contributed by atoms with Gasteiger partial charge in [0.25, 0.3) is 0 Å². The van der Waals surface area contributed by atoms with Crippen molar-refractivity contribution in [2.24, 2.45) is 4.99 Å². The smallest absolute Gasteiger partial charge is 0.191 e. The van der Waals surface area contributed by atoms with Gasteiger partial charge >= 0.3 is 0 Å². The van der Waals surface area contributed by atoms with Crippen LogP contribution >= 0.6 is 24.0 Å². The number of guanidine groups is 1. The van der Waals surface area contributed by atoms with Crippen LogP contribution in [0, 0.1) is 5.82 Å². The van der Waals surface area contributed by atoms with Crippen molar-refractivity contribution in [3.63, 3.8) is 0 Å². The van der Waals surface area contributed by atoms with E-state index in [0.29, 0.717) is 31.0 Å². The van der Waals surface area contributed by atoms with Crippen molar-refractivity contribution in [2.45, 2.75) is 12.5 Å². The first-order chi connectivity index (χ1) is 11.6. The minimum atomic E-state index is -0.173. The van der Waals surface area contributed by atoms with E-state index in [1.807, 2.05) is 32.3 Å². The number of likely N-dealkylation sites (N-methyl/N-ethyl adjacent to an activating group) is 1. The number of furan rings is 1. The molecule has 0 amide bonds. The second-order valence-corrected chi connectivity index (χ2v) is 5.72. The fraction of sp³-hybridized carbons (Fsp3) is 0.389. The number of rotatable bonds is 7. The van der Waals surface area contributed by atoms with Gasteiger partial charge in [0, 0.05) is 20.1 Å². The summed E-state index contributed by atoms with van der Waals surface area (Å²) in [5.74, 6) is 1.41. The second-order valence-electron chi connectivity index (χ2n) is 5.72. The molecule has 0 saturated heterocycles. The van der Waals surface area contributed by atoms with Crippen molar-refractivity contribution in [3.05, 3.63) is 59.8 Å². The topological polar surface area (TPSA) is 52.8 Å². The minimum absolute atomic E-state index is 0. The molecule has 7 heteroatoms. The molecule has 0 fully saturated rings. The largest absolute Gasteiger partial charge is 0.468 e. The zero-order chi connectivity index (χ0) is 17.4. The number of nitrogens with one attached hydrogen (secondary N) is 2. The van der Waals surface area contributed by atoms with Crippen molar-refractivity contribution >= 4 is 29.9 Å². The van der Waals surface area contributed by atoms with E-state index in [1.165, 1.54) is 6.07 Å². The van der Waals surface area contributed by atoms with Gasteiger partial charge in [-0.25, -0.2) is 4.39 Å². The first-order valence-corrected chi connectivity index (χ1v) is 7.99. The maximum Gasteiger partial charge on any atom is 0.191 e. The molecular weight excluding hydrogens is 434 g/mol. The monoisotopic (exact) mass is 460 g/mol. The predicted octanol–water partition coefficient (Wildman–Crippen LogP) is 3.05. The molecule has 2 N–H and O–H groups in total. The van der Waals surface area contributed by atoms with Gasteiger partial charge in [-0.15, -0.1) is 24.0 Å². The summed E-state index contributed by atoms with van der Waals surface area (Å²) in [4.78, 5) is 6.29. The van der Waals surface area contributed by atoms with Crippen LogP contribution in [0.15, 0.2) is 52.1 Å².